The van der Waals surface area contributed by atoms with Gasteiger partial charge in [0.15, 0.2) is 5.96 Å². The van der Waals surface area contributed by atoms with E-state index in [9.17, 15) is 0 Å². The Bertz CT molecular complexity index is 1040. The van der Waals surface area contributed by atoms with Crippen molar-refractivity contribution in [2.24, 2.45) is 4.99 Å². The minimum Gasteiger partial charge on any atom is -0.497 e. The van der Waals surface area contributed by atoms with Crippen LogP contribution in [0.5, 0.6) is 11.5 Å². The number of halogens is 1. The summed E-state index contributed by atoms with van der Waals surface area (Å²) in [6.07, 6.45) is 3.89. The highest BCUT2D eigenvalue weighted by atomic mass is 127. The van der Waals surface area contributed by atoms with Gasteiger partial charge >= 0.3 is 0 Å². The Hall–Kier alpha value is -2.95. The first kappa shape index (κ1) is 25.7. The van der Waals surface area contributed by atoms with Gasteiger partial charge in [0.25, 0.3) is 0 Å². The van der Waals surface area contributed by atoms with E-state index in [2.05, 4.69) is 54.8 Å². The zero-order valence-corrected chi connectivity index (χ0v) is 22.2. The van der Waals surface area contributed by atoms with Crippen LogP contribution in [0.2, 0.25) is 0 Å². The predicted molar refractivity (Wildman–Crippen MR) is 148 cm³/mol. The number of rotatable bonds is 7. The third-order valence-electron chi connectivity index (χ3n) is 5.90. The summed E-state index contributed by atoms with van der Waals surface area (Å²) in [6.45, 7) is 2.47. The number of ether oxygens (including phenoxy) is 2. The summed E-state index contributed by atoms with van der Waals surface area (Å²) in [6, 6.07) is 16.6. The number of hydrogen-bond donors (Lipinski definition) is 3. The monoisotopic (exact) mass is 576 g/mol. The molecule has 0 unspecified atom stereocenters. The number of methoxy groups -OCH3 is 2. The first-order valence-electron chi connectivity index (χ1n) is 11.2. The van der Waals surface area contributed by atoms with E-state index < -0.39 is 0 Å². The number of imidazole rings is 1. The van der Waals surface area contributed by atoms with E-state index in [1.807, 2.05) is 30.5 Å². The Labute approximate surface area is 218 Å². The van der Waals surface area contributed by atoms with Gasteiger partial charge in [-0.2, -0.15) is 0 Å². The van der Waals surface area contributed by atoms with Crippen LogP contribution in [-0.2, 0) is 6.54 Å². The number of nitrogens with one attached hydrogen (secondary N) is 3. The highest BCUT2D eigenvalue weighted by Gasteiger charge is 2.21. The Morgan fingerprint density at radius 2 is 1.76 bits per heavy atom. The summed E-state index contributed by atoms with van der Waals surface area (Å²) in [5.74, 6) is 3.28. The number of aliphatic imine (C=N–C) groups is 1. The van der Waals surface area contributed by atoms with Crippen molar-refractivity contribution in [3.8, 4) is 22.8 Å². The maximum absolute atomic E-state index is 5.42. The lowest BCUT2D eigenvalue weighted by molar-refractivity contribution is 0.393. The molecule has 1 fully saturated rings. The second-order valence-electron chi connectivity index (χ2n) is 8.01. The van der Waals surface area contributed by atoms with Crippen molar-refractivity contribution in [3.63, 3.8) is 0 Å². The van der Waals surface area contributed by atoms with Gasteiger partial charge in [-0.1, -0.05) is 30.3 Å². The number of aromatic nitrogens is 2. The molecular weight excluding hydrogens is 543 g/mol. The van der Waals surface area contributed by atoms with E-state index in [-0.39, 0.29) is 24.0 Å². The number of anilines is 1. The van der Waals surface area contributed by atoms with E-state index in [4.69, 9.17) is 9.47 Å². The van der Waals surface area contributed by atoms with Crippen LogP contribution in [0.15, 0.2) is 59.7 Å². The van der Waals surface area contributed by atoms with E-state index >= 15 is 0 Å². The summed E-state index contributed by atoms with van der Waals surface area (Å²) >= 11 is 0. The van der Waals surface area contributed by atoms with Gasteiger partial charge in [-0.15, -0.1) is 24.0 Å². The largest absolute Gasteiger partial charge is 0.497 e. The first-order valence-corrected chi connectivity index (χ1v) is 11.2. The molecule has 2 aromatic carbocycles. The van der Waals surface area contributed by atoms with Crippen LogP contribution in [-0.4, -0.2) is 56.3 Å². The standard InChI is InChI=1S/C25H32N6O2.HI/c1-26-25(28-17-24-27-16-23(30-24)18-7-5-4-6-8-18)29-19-9-11-31(12-10-19)20-13-21(32-2)15-22(14-20)33-3;/h4-8,13-16,19H,9-12,17H2,1-3H3,(H,27,30)(H2,26,28,29);1H. The van der Waals surface area contributed by atoms with E-state index in [0.717, 1.165) is 66.2 Å². The average Bonchev–Trinajstić information content (AvgIpc) is 3.36. The van der Waals surface area contributed by atoms with Crippen molar-refractivity contribution >= 4 is 35.6 Å². The zero-order valence-electron chi connectivity index (χ0n) is 19.9. The summed E-state index contributed by atoms with van der Waals surface area (Å²) in [5, 5.41) is 6.92. The first-order chi connectivity index (χ1) is 16.2. The molecule has 0 radical (unpaired) electrons. The van der Waals surface area contributed by atoms with Gasteiger partial charge in [-0.3, -0.25) is 4.99 Å². The summed E-state index contributed by atoms with van der Waals surface area (Å²) in [4.78, 5) is 14.6. The lowest BCUT2D eigenvalue weighted by Gasteiger charge is -2.34. The Balaban J connectivity index is 0.00000324. The number of piperidine rings is 1. The molecule has 3 aromatic rings. The number of nitrogens with zero attached hydrogens (tertiary/aromatic N) is 3. The molecule has 1 aliphatic heterocycles. The molecular formula is C25H33IN6O2. The molecule has 0 bridgehead atoms. The van der Waals surface area contributed by atoms with Crippen molar-refractivity contribution < 1.29 is 9.47 Å². The molecule has 1 aromatic heterocycles. The summed E-state index contributed by atoms with van der Waals surface area (Å²) in [5.41, 5.74) is 3.26. The normalized spacial score (nSPS) is 14.3. The molecule has 8 nitrogen and oxygen atoms in total. The maximum atomic E-state index is 5.42. The Morgan fingerprint density at radius 3 is 2.38 bits per heavy atom. The van der Waals surface area contributed by atoms with Crippen molar-refractivity contribution in [1.82, 2.24) is 20.6 Å². The third-order valence-corrected chi connectivity index (χ3v) is 5.90. The number of guanidine groups is 1. The van der Waals surface area contributed by atoms with Crippen LogP contribution in [0.4, 0.5) is 5.69 Å². The molecule has 0 saturated carbocycles. The molecule has 4 rings (SSSR count). The molecule has 1 aliphatic rings. The molecule has 0 amide bonds. The molecule has 1 saturated heterocycles. The molecule has 3 N–H and O–H groups in total. The fourth-order valence-electron chi connectivity index (χ4n) is 4.03. The molecule has 182 valence electrons. The maximum Gasteiger partial charge on any atom is 0.191 e. The van der Waals surface area contributed by atoms with E-state index in [1.165, 1.54) is 0 Å². The van der Waals surface area contributed by atoms with Gasteiger partial charge < -0.3 is 30.0 Å². The quantitative estimate of drug-likeness (QED) is 0.224. The third kappa shape index (κ3) is 6.55. The highest BCUT2D eigenvalue weighted by molar-refractivity contribution is 14.0. The molecule has 0 aliphatic carbocycles. The highest BCUT2D eigenvalue weighted by Crippen LogP contribution is 2.30. The van der Waals surface area contributed by atoms with Crippen LogP contribution in [0.3, 0.4) is 0 Å². The van der Waals surface area contributed by atoms with E-state index in [1.54, 1.807) is 21.3 Å². The minimum absolute atomic E-state index is 0. The van der Waals surface area contributed by atoms with Gasteiger partial charge in [0.1, 0.15) is 17.3 Å². The number of benzene rings is 2. The lowest BCUT2D eigenvalue weighted by Crippen LogP contribution is -2.48. The van der Waals surface area contributed by atoms with Crippen LogP contribution in [0.25, 0.3) is 11.3 Å². The van der Waals surface area contributed by atoms with Crippen LogP contribution in [0, 0.1) is 0 Å². The van der Waals surface area contributed by atoms with Gasteiger partial charge in [0.05, 0.1) is 32.7 Å². The van der Waals surface area contributed by atoms with Gasteiger partial charge in [0, 0.05) is 50.1 Å². The zero-order chi connectivity index (χ0) is 23.0. The molecule has 9 heteroatoms. The van der Waals surface area contributed by atoms with Crippen LogP contribution in [0.1, 0.15) is 18.7 Å². The van der Waals surface area contributed by atoms with Gasteiger partial charge in [-0.25, -0.2) is 4.98 Å². The van der Waals surface area contributed by atoms with Crippen LogP contribution < -0.4 is 25.0 Å². The molecule has 0 spiro atoms. The van der Waals surface area contributed by atoms with Gasteiger partial charge in [0.2, 0.25) is 0 Å². The van der Waals surface area contributed by atoms with Crippen molar-refractivity contribution in [3.05, 3.63) is 60.6 Å². The number of hydrogen-bond acceptors (Lipinski definition) is 5. The smallest absolute Gasteiger partial charge is 0.191 e. The second kappa shape index (κ2) is 12.5. The fraction of sp³-hybridized carbons (Fsp3) is 0.360. The van der Waals surface area contributed by atoms with Crippen molar-refractivity contribution in [2.75, 3.05) is 39.3 Å². The Morgan fingerprint density at radius 1 is 1.09 bits per heavy atom. The number of aromatic amines is 1. The summed E-state index contributed by atoms with van der Waals surface area (Å²) < 4.78 is 10.8. The fourth-order valence-corrected chi connectivity index (χ4v) is 4.03. The molecule has 0 atom stereocenters. The topological polar surface area (TPSA) is 86.8 Å². The van der Waals surface area contributed by atoms with Crippen LogP contribution >= 0.6 is 24.0 Å². The van der Waals surface area contributed by atoms with Crippen molar-refractivity contribution in [1.29, 1.82) is 0 Å². The minimum atomic E-state index is 0. The predicted octanol–water partition coefficient (Wildman–Crippen LogP) is 4.05. The average molecular weight is 576 g/mol. The lowest BCUT2D eigenvalue weighted by atomic mass is 10.0. The SMILES string of the molecule is CN=C(NCc1ncc(-c2ccccc2)[nH]1)NC1CCN(c2cc(OC)cc(OC)c2)CC1.I. The molecule has 2 heterocycles. The van der Waals surface area contributed by atoms with Crippen molar-refractivity contribution in [2.45, 2.75) is 25.4 Å². The number of H-pyrrole nitrogens is 1. The second-order valence-corrected chi connectivity index (χ2v) is 8.01. The molecule has 34 heavy (non-hydrogen) atoms. The Kier molecular flexibility index (Phi) is 9.43. The van der Waals surface area contributed by atoms with Gasteiger partial charge in [-0.05, 0) is 18.4 Å². The summed E-state index contributed by atoms with van der Waals surface area (Å²) in [7, 11) is 5.15. The van der Waals surface area contributed by atoms with E-state index in [0.29, 0.717) is 12.6 Å².